The van der Waals surface area contributed by atoms with E-state index in [1.54, 1.807) is 0 Å². The fraction of sp³-hybridized carbons (Fsp3) is 0.615. The average molecular weight is 315 g/mol. The van der Waals surface area contributed by atoms with Gasteiger partial charge in [0.25, 0.3) is 5.91 Å². The summed E-state index contributed by atoms with van der Waals surface area (Å²) in [6.45, 7) is 2.77. The van der Waals surface area contributed by atoms with Gasteiger partial charge in [-0.25, -0.2) is 0 Å². The molecule has 1 fully saturated rings. The summed E-state index contributed by atoms with van der Waals surface area (Å²) in [5.41, 5.74) is 0.232. The van der Waals surface area contributed by atoms with Gasteiger partial charge >= 0.3 is 0 Å². The van der Waals surface area contributed by atoms with E-state index < -0.39 is 5.54 Å². The van der Waals surface area contributed by atoms with Crippen LogP contribution in [0.25, 0.3) is 0 Å². The van der Waals surface area contributed by atoms with E-state index in [1.165, 1.54) is 0 Å². The second-order valence-electron chi connectivity index (χ2n) is 4.93. The Hall–Kier alpha value is -0.810. The van der Waals surface area contributed by atoms with Gasteiger partial charge < -0.3 is 15.0 Å². The molecule has 0 saturated heterocycles. The Kier molecular flexibility index (Phi) is 4.12. The van der Waals surface area contributed by atoms with Crippen LogP contribution in [-0.4, -0.2) is 27.7 Å². The summed E-state index contributed by atoms with van der Waals surface area (Å²) in [6, 6.07) is 1.82. The molecule has 1 amide bonds. The topological polar surface area (TPSA) is 54.3 Å². The average Bonchev–Trinajstić information content (AvgIpc) is 2.96. The van der Waals surface area contributed by atoms with Crippen molar-refractivity contribution in [1.82, 2.24) is 9.88 Å². The van der Waals surface area contributed by atoms with Crippen LogP contribution in [0.4, 0.5) is 0 Å². The molecule has 4 nitrogen and oxygen atoms in total. The zero-order valence-corrected chi connectivity index (χ0v) is 12.2. The molecule has 1 saturated carbocycles. The van der Waals surface area contributed by atoms with Crippen molar-refractivity contribution in [3.63, 3.8) is 0 Å². The Bertz CT molecular complexity index is 436. The van der Waals surface area contributed by atoms with Crippen LogP contribution >= 0.6 is 15.9 Å². The first-order chi connectivity index (χ1) is 8.60. The molecular weight excluding hydrogens is 296 g/mol. The summed E-state index contributed by atoms with van der Waals surface area (Å²) in [4.78, 5) is 12.3. The molecule has 1 aliphatic rings. The van der Waals surface area contributed by atoms with Crippen LogP contribution in [0.1, 0.15) is 43.1 Å². The first-order valence-electron chi connectivity index (χ1n) is 6.39. The molecule has 0 spiro atoms. The number of carbonyl (C=O) groups excluding carboxylic acids is 1. The monoisotopic (exact) mass is 314 g/mol. The van der Waals surface area contributed by atoms with Gasteiger partial charge in [0.2, 0.25) is 0 Å². The van der Waals surface area contributed by atoms with E-state index in [4.69, 9.17) is 0 Å². The van der Waals surface area contributed by atoms with Crippen LogP contribution in [0.3, 0.4) is 0 Å². The van der Waals surface area contributed by atoms with Crippen LogP contribution < -0.4 is 5.32 Å². The van der Waals surface area contributed by atoms with Crippen molar-refractivity contribution < 1.29 is 9.90 Å². The minimum absolute atomic E-state index is 0.0206. The lowest BCUT2D eigenvalue weighted by atomic mass is 9.99. The number of aliphatic hydroxyl groups excluding tert-OH is 1. The summed E-state index contributed by atoms with van der Waals surface area (Å²) >= 11 is 3.39. The highest BCUT2D eigenvalue weighted by Crippen LogP contribution is 2.29. The Morgan fingerprint density at radius 1 is 1.56 bits per heavy atom. The number of carbonyl (C=O) groups is 1. The van der Waals surface area contributed by atoms with Crippen molar-refractivity contribution in [3.8, 4) is 0 Å². The SMILES string of the molecule is CCn1cc(Br)cc1C(=O)NC1(CO)CCCC1. The number of rotatable bonds is 4. The van der Waals surface area contributed by atoms with E-state index in [2.05, 4.69) is 21.2 Å². The summed E-state index contributed by atoms with van der Waals surface area (Å²) in [5.74, 6) is -0.0986. The van der Waals surface area contributed by atoms with E-state index >= 15 is 0 Å². The van der Waals surface area contributed by atoms with Crippen LogP contribution in [0.15, 0.2) is 16.7 Å². The number of halogens is 1. The predicted molar refractivity (Wildman–Crippen MR) is 73.6 cm³/mol. The van der Waals surface area contributed by atoms with Crippen LogP contribution in [0, 0.1) is 0 Å². The van der Waals surface area contributed by atoms with Crippen molar-refractivity contribution in [1.29, 1.82) is 0 Å². The molecule has 0 radical (unpaired) electrons. The van der Waals surface area contributed by atoms with Gasteiger partial charge in [0.1, 0.15) is 5.69 Å². The van der Waals surface area contributed by atoms with Gasteiger partial charge in [0.05, 0.1) is 12.1 Å². The molecule has 18 heavy (non-hydrogen) atoms. The fourth-order valence-electron chi connectivity index (χ4n) is 2.61. The molecule has 5 heteroatoms. The fourth-order valence-corrected chi connectivity index (χ4v) is 3.07. The lowest BCUT2D eigenvalue weighted by Gasteiger charge is -2.28. The van der Waals surface area contributed by atoms with Crippen LogP contribution in [0.5, 0.6) is 0 Å². The summed E-state index contributed by atoms with van der Waals surface area (Å²) < 4.78 is 2.80. The third-order valence-electron chi connectivity index (χ3n) is 3.68. The van der Waals surface area contributed by atoms with E-state index in [0.29, 0.717) is 5.69 Å². The Balaban J connectivity index is 2.16. The van der Waals surface area contributed by atoms with Gasteiger partial charge in [-0.05, 0) is 41.8 Å². The zero-order valence-electron chi connectivity index (χ0n) is 10.6. The highest BCUT2D eigenvalue weighted by atomic mass is 79.9. The normalized spacial score (nSPS) is 17.9. The molecule has 100 valence electrons. The third-order valence-corrected chi connectivity index (χ3v) is 4.11. The molecule has 2 N–H and O–H groups in total. The third kappa shape index (κ3) is 2.62. The molecule has 0 aliphatic heterocycles. The van der Waals surface area contributed by atoms with Gasteiger partial charge in [-0.15, -0.1) is 0 Å². The number of hydrogen-bond acceptors (Lipinski definition) is 2. The second kappa shape index (κ2) is 5.45. The van der Waals surface area contributed by atoms with Gasteiger partial charge in [0, 0.05) is 17.2 Å². The predicted octanol–water partition coefficient (Wildman–Crippen LogP) is 2.31. The minimum atomic E-state index is -0.410. The van der Waals surface area contributed by atoms with Crippen molar-refractivity contribution in [2.75, 3.05) is 6.61 Å². The molecular formula is C13H19BrN2O2. The quantitative estimate of drug-likeness (QED) is 0.896. The number of amides is 1. The van der Waals surface area contributed by atoms with Gasteiger partial charge in [-0.1, -0.05) is 12.8 Å². The lowest BCUT2D eigenvalue weighted by Crippen LogP contribution is -2.49. The number of hydrogen-bond donors (Lipinski definition) is 2. The van der Waals surface area contributed by atoms with Crippen LogP contribution in [-0.2, 0) is 6.54 Å². The number of aromatic nitrogens is 1. The molecule has 0 aromatic carbocycles. The first-order valence-corrected chi connectivity index (χ1v) is 7.18. The molecule has 1 aliphatic carbocycles. The second-order valence-corrected chi connectivity index (χ2v) is 5.84. The first kappa shape index (κ1) is 13.6. The van der Waals surface area contributed by atoms with Gasteiger partial charge in [-0.3, -0.25) is 4.79 Å². The number of nitrogens with zero attached hydrogens (tertiary/aromatic N) is 1. The lowest BCUT2D eigenvalue weighted by molar-refractivity contribution is 0.0829. The molecule has 1 aromatic rings. The molecule has 0 atom stereocenters. The largest absolute Gasteiger partial charge is 0.394 e. The van der Waals surface area contributed by atoms with Crippen molar-refractivity contribution in [3.05, 3.63) is 22.4 Å². The highest BCUT2D eigenvalue weighted by molar-refractivity contribution is 9.10. The molecule has 2 rings (SSSR count). The maximum atomic E-state index is 12.3. The molecule has 0 bridgehead atoms. The van der Waals surface area contributed by atoms with Gasteiger partial charge in [-0.2, -0.15) is 0 Å². The minimum Gasteiger partial charge on any atom is -0.394 e. The Morgan fingerprint density at radius 2 is 2.22 bits per heavy atom. The van der Waals surface area contributed by atoms with Crippen molar-refractivity contribution >= 4 is 21.8 Å². The maximum Gasteiger partial charge on any atom is 0.268 e. The molecule has 1 heterocycles. The zero-order chi connectivity index (χ0) is 13.2. The van der Waals surface area contributed by atoms with E-state index in [9.17, 15) is 9.90 Å². The smallest absolute Gasteiger partial charge is 0.268 e. The van der Waals surface area contributed by atoms with E-state index in [0.717, 1.165) is 36.7 Å². The van der Waals surface area contributed by atoms with Crippen molar-refractivity contribution in [2.45, 2.75) is 44.7 Å². The summed E-state index contributed by atoms with van der Waals surface area (Å²) in [5, 5.41) is 12.5. The number of aryl methyl sites for hydroxylation is 1. The maximum absolute atomic E-state index is 12.3. The van der Waals surface area contributed by atoms with E-state index in [-0.39, 0.29) is 12.5 Å². The van der Waals surface area contributed by atoms with Crippen molar-refractivity contribution in [2.24, 2.45) is 0 Å². The van der Waals surface area contributed by atoms with E-state index in [1.807, 2.05) is 23.8 Å². The Morgan fingerprint density at radius 3 is 2.78 bits per heavy atom. The Labute approximate surface area is 116 Å². The molecule has 0 unspecified atom stereocenters. The van der Waals surface area contributed by atoms with Crippen LogP contribution in [0.2, 0.25) is 0 Å². The van der Waals surface area contributed by atoms with Gasteiger partial charge in [0.15, 0.2) is 0 Å². The standard InChI is InChI=1S/C13H19BrN2O2/c1-2-16-8-10(14)7-11(16)12(18)15-13(9-17)5-3-4-6-13/h7-8,17H,2-6,9H2,1H3,(H,15,18). The summed E-state index contributed by atoms with van der Waals surface area (Å²) in [7, 11) is 0. The number of nitrogens with one attached hydrogen (secondary N) is 1. The summed E-state index contributed by atoms with van der Waals surface area (Å²) in [6.07, 6.45) is 5.76. The number of aliphatic hydroxyl groups is 1. The highest BCUT2D eigenvalue weighted by Gasteiger charge is 2.35. The molecule has 1 aromatic heterocycles.